The van der Waals surface area contributed by atoms with Gasteiger partial charge in [0.1, 0.15) is 12.1 Å². The van der Waals surface area contributed by atoms with Crippen LogP contribution in [0.4, 0.5) is 0 Å². The summed E-state index contributed by atoms with van der Waals surface area (Å²) in [7, 11) is -4.58. The van der Waals surface area contributed by atoms with Crippen LogP contribution in [0.2, 0.25) is 0 Å². The molecule has 12 nitrogen and oxygen atoms in total. The third-order valence-electron chi connectivity index (χ3n) is 2.55. The van der Waals surface area contributed by atoms with Crippen molar-refractivity contribution in [3.05, 3.63) is 0 Å². The normalized spacial score (nSPS) is 14.4. The zero-order valence-electron chi connectivity index (χ0n) is 11.7. The highest BCUT2D eigenvalue weighted by Crippen LogP contribution is 2.04. The van der Waals surface area contributed by atoms with E-state index in [0.717, 1.165) is 0 Å². The maximum absolute atomic E-state index is 11.7. The van der Waals surface area contributed by atoms with Crippen LogP contribution < -0.4 is 9.44 Å². The molecular weight excluding hydrogens is 340 g/mol. The number of aliphatic hydroxyl groups is 2. The summed E-state index contributed by atoms with van der Waals surface area (Å²) in [5, 5.41) is 43.5. The summed E-state index contributed by atoms with van der Waals surface area (Å²) in [4.78, 5) is 32.2. The Labute approximate surface area is 130 Å². The standard InChI is InChI=1S/C10H18N2O10S/c13-7(14)3-1-5(9(17)18)11-23(21,22)12-6(10(19)20)2-4-8(15)16/h5-7,11-14H,1-4H2,(H,15,16)(H,17,18)(H,19,20)/t5-,6?/m0/s1. The van der Waals surface area contributed by atoms with Crippen molar-refractivity contribution in [3.63, 3.8) is 0 Å². The van der Waals surface area contributed by atoms with Gasteiger partial charge in [-0.2, -0.15) is 17.9 Å². The molecule has 0 aromatic carbocycles. The molecular formula is C10H18N2O10S. The van der Waals surface area contributed by atoms with Gasteiger partial charge in [0, 0.05) is 12.8 Å². The van der Waals surface area contributed by atoms with E-state index in [9.17, 15) is 22.8 Å². The Kier molecular flexibility index (Phi) is 8.63. The number of carbonyl (C=O) groups is 3. The Balaban J connectivity index is 4.88. The van der Waals surface area contributed by atoms with Crippen molar-refractivity contribution in [2.45, 2.75) is 44.1 Å². The van der Waals surface area contributed by atoms with Gasteiger partial charge in [0.05, 0.1) is 0 Å². The number of aliphatic carboxylic acids is 3. The molecule has 0 bridgehead atoms. The van der Waals surface area contributed by atoms with Crippen molar-refractivity contribution in [1.29, 1.82) is 0 Å². The molecule has 0 fully saturated rings. The van der Waals surface area contributed by atoms with E-state index >= 15 is 0 Å². The molecule has 0 aliphatic carbocycles. The summed E-state index contributed by atoms with van der Waals surface area (Å²) in [5.41, 5.74) is 0. The van der Waals surface area contributed by atoms with E-state index in [1.54, 1.807) is 9.44 Å². The van der Waals surface area contributed by atoms with Crippen molar-refractivity contribution in [3.8, 4) is 0 Å². The van der Waals surface area contributed by atoms with Gasteiger partial charge in [-0.25, -0.2) is 0 Å². The van der Waals surface area contributed by atoms with E-state index in [2.05, 4.69) is 0 Å². The molecule has 0 aliphatic heterocycles. The lowest BCUT2D eigenvalue weighted by molar-refractivity contribution is -0.141. The Bertz CT molecular complexity index is 532. The van der Waals surface area contributed by atoms with E-state index in [4.69, 9.17) is 25.5 Å². The molecule has 0 rings (SSSR count). The average Bonchev–Trinajstić information content (AvgIpc) is 2.38. The Hall–Kier alpha value is -1.80. The van der Waals surface area contributed by atoms with Crippen LogP contribution in [-0.4, -0.2) is 70.2 Å². The maximum atomic E-state index is 11.7. The summed E-state index contributed by atoms with van der Waals surface area (Å²) >= 11 is 0. The molecule has 0 radical (unpaired) electrons. The molecule has 134 valence electrons. The third kappa shape index (κ3) is 9.75. The fraction of sp³-hybridized carbons (Fsp3) is 0.700. The van der Waals surface area contributed by atoms with E-state index < -0.39 is 72.2 Å². The highest BCUT2D eigenvalue weighted by molar-refractivity contribution is 7.87. The van der Waals surface area contributed by atoms with Gasteiger partial charge in [0.15, 0.2) is 6.29 Å². The minimum absolute atomic E-state index is 0.430. The predicted octanol–water partition coefficient (Wildman–Crippen LogP) is -2.73. The Morgan fingerprint density at radius 2 is 1.26 bits per heavy atom. The minimum Gasteiger partial charge on any atom is -0.481 e. The number of hydrogen-bond donors (Lipinski definition) is 7. The van der Waals surface area contributed by atoms with Crippen molar-refractivity contribution in [1.82, 2.24) is 9.44 Å². The first kappa shape index (κ1) is 21.2. The number of carboxylic acid groups (broad SMARTS) is 3. The predicted molar refractivity (Wildman–Crippen MR) is 72.4 cm³/mol. The first-order valence-electron chi connectivity index (χ1n) is 6.27. The first-order valence-corrected chi connectivity index (χ1v) is 7.76. The van der Waals surface area contributed by atoms with Gasteiger partial charge in [0.2, 0.25) is 0 Å². The molecule has 0 amide bonds. The van der Waals surface area contributed by atoms with Gasteiger partial charge >= 0.3 is 17.9 Å². The molecule has 0 aromatic heterocycles. The summed E-state index contributed by atoms with van der Waals surface area (Å²) in [6, 6.07) is -3.48. The molecule has 13 heteroatoms. The minimum atomic E-state index is -4.58. The summed E-state index contributed by atoms with van der Waals surface area (Å²) in [5.74, 6) is -4.56. The summed E-state index contributed by atoms with van der Waals surface area (Å²) in [6.45, 7) is 0. The van der Waals surface area contributed by atoms with Crippen molar-refractivity contribution in [2.24, 2.45) is 0 Å². The molecule has 0 aliphatic rings. The lowest BCUT2D eigenvalue weighted by Gasteiger charge is -2.18. The largest absolute Gasteiger partial charge is 0.481 e. The van der Waals surface area contributed by atoms with Crippen LogP contribution in [-0.2, 0) is 24.6 Å². The molecule has 0 saturated heterocycles. The third-order valence-corrected chi connectivity index (χ3v) is 3.74. The van der Waals surface area contributed by atoms with Gasteiger partial charge in [-0.1, -0.05) is 0 Å². The van der Waals surface area contributed by atoms with Gasteiger partial charge in [-0.15, -0.1) is 0 Å². The van der Waals surface area contributed by atoms with Crippen molar-refractivity contribution >= 4 is 28.1 Å². The van der Waals surface area contributed by atoms with Gasteiger partial charge in [-0.05, 0) is 12.8 Å². The number of aliphatic hydroxyl groups excluding tert-OH is 1. The topological polar surface area (TPSA) is 211 Å². The fourth-order valence-electron chi connectivity index (χ4n) is 1.46. The van der Waals surface area contributed by atoms with Crippen LogP contribution in [0, 0.1) is 0 Å². The molecule has 0 aromatic rings. The van der Waals surface area contributed by atoms with Gasteiger partial charge < -0.3 is 25.5 Å². The van der Waals surface area contributed by atoms with Gasteiger partial charge in [-0.3, -0.25) is 14.4 Å². The van der Waals surface area contributed by atoms with Crippen LogP contribution in [0.25, 0.3) is 0 Å². The van der Waals surface area contributed by atoms with E-state index in [-0.39, 0.29) is 0 Å². The monoisotopic (exact) mass is 358 g/mol. The smallest absolute Gasteiger partial charge is 0.321 e. The second-order valence-corrected chi connectivity index (χ2v) is 5.99. The zero-order chi connectivity index (χ0) is 18.2. The number of hydrogen-bond acceptors (Lipinski definition) is 7. The van der Waals surface area contributed by atoms with Crippen molar-refractivity contribution < 1.29 is 48.3 Å². The zero-order valence-corrected chi connectivity index (χ0v) is 12.6. The van der Waals surface area contributed by atoms with Gasteiger partial charge in [0.25, 0.3) is 10.2 Å². The summed E-state index contributed by atoms with van der Waals surface area (Å²) in [6.07, 6.45) is -3.88. The fourth-order valence-corrected chi connectivity index (χ4v) is 2.71. The maximum Gasteiger partial charge on any atom is 0.321 e. The highest BCUT2D eigenvalue weighted by atomic mass is 32.2. The summed E-state index contributed by atoms with van der Waals surface area (Å²) < 4.78 is 26.7. The Morgan fingerprint density at radius 3 is 1.61 bits per heavy atom. The van der Waals surface area contributed by atoms with Crippen molar-refractivity contribution in [2.75, 3.05) is 0 Å². The number of carboxylic acids is 3. The second kappa shape index (κ2) is 9.36. The SMILES string of the molecule is O=C(O)CCC(NS(=O)(=O)N[C@@H](CCC(O)O)C(=O)O)C(=O)O. The van der Waals surface area contributed by atoms with E-state index in [1.165, 1.54) is 0 Å². The molecule has 0 spiro atoms. The van der Waals surface area contributed by atoms with Crippen LogP contribution >= 0.6 is 0 Å². The molecule has 7 N–H and O–H groups in total. The lowest BCUT2D eigenvalue weighted by atomic mass is 10.2. The number of nitrogens with one attached hydrogen (secondary N) is 2. The Morgan fingerprint density at radius 1 is 0.826 bits per heavy atom. The second-order valence-electron chi connectivity index (χ2n) is 4.51. The average molecular weight is 358 g/mol. The molecule has 1 unspecified atom stereocenters. The molecule has 2 atom stereocenters. The highest BCUT2D eigenvalue weighted by Gasteiger charge is 2.29. The van der Waals surface area contributed by atoms with Crippen LogP contribution in [0.5, 0.6) is 0 Å². The molecule has 0 saturated carbocycles. The molecule has 23 heavy (non-hydrogen) atoms. The quantitative estimate of drug-likeness (QED) is 0.179. The lowest BCUT2D eigenvalue weighted by Crippen LogP contribution is -2.51. The van der Waals surface area contributed by atoms with E-state index in [0.29, 0.717) is 0 Å². The first-order chi connectivity index (χ1) is 10.4. The van der Waals surface area contributed by atoms with E-state index in [1.807, 2.05) is 0 Å². The number of rotatable bonds is 12. The van der Waals surface area contributed by atoms with Crippen LogP contribution in [0.15, 0.2) is 0 Å². The molecule has 0 heterocycles. The van der Waals surface area contributed by atoms with Crippen LogP contribution in [0.1, 0.15) is 25.7 Å². The van der Waals surface area contributed by atoms with Crippen LogP contribution in [0.3, 0.4) is 0 Å².